The lowest BCUT2D eigenvalue weighted by Crippen LogP contribution is -2.11. The number of aliphatic hydroxyl groups is 2. The zero-order valence-electron chi connectivity index (χ0n) is 13.3. The van der Waals surface area contributed by atoms with E-state index >= 15 is 0 Å². The Morgan fingerprint density at radius 1 is 1.32 bits per heavy atom. The van der Waals surface area contributed by atoms with Crippen molar-refractivity contribution < 1.29 is 24.5 Å². The second kappa shape index (κ2) is 9.23. The van der Waals surface area contributed by atoms with Crippen LogP contribution in [0.3, 0.4) is 0 Å². The standard InChI is InChI=1S/C17H24O5/c1-4-21-17(20)13(3)11-12(2)16(19)14-5-7-15(8-6-14)22-10-9-18/h5-8,11-12,16,18-19H,4,9-10H2,1-3H3/b13-11+/t12-,16-/m1/s1. The van der Waals surface area contributed by atoms with Crippen molar-refractivity contribution in [2.24, 2.45) is 5.92 Å². The highest BCUT2D eigenvalue weighted by Gasteiger charge is 2.16. The summed E-state index contributed by atoms with van der Waals surface area (Å²) >= 11 is 0. The maximum atomic E-state index is 11.6. The molecule has 1 rings (SSSR count). The minimum atomic E-state index is -0.726. The summed E-state index contributed by atoms with van der Waals surface area (Å²) in [6, 6.07) is 7.01. The van der Waals surface area contributed by atoms with Crippen LogP contribution in [0.2, 0.25) is 0 Å². The van der Waals surface area contributed by atoms with Crippen LogP contribution in [0.25, 0.3) is 0 Å². The largest absolute Gasteiger partial charge is 0.491 e. The number of aliphatic hydroxyl groups excluding tert-OH is 2. The van der Waals surface area contributed by atoms with E-state index in [0.717, 1.165) is 5.56 Å². The number of ether oxygens (including phenoxy) is 2. The Labute approximate surface area is 131 Å². The van der Waals surface area contributed by atoms with Gasteiger partial charge in [0.25, 0.3) is 0 Å². The first-order chi connectivity index (χ1) is 10.5. The van der Waals surface area contributed by atoms with Crippen LogP contribution < -0.4 is 4.74 Å². The maximum Gasteiger partial charge on any atom is 0.333 e. The van der Waals surface area contributed by atoms with Crippen LogP contribution in [0, 0.1) is 5.92 Å². The van der Waals surface area contributed by atoms with Crippen LogP contribution in [0.1, 0.15) is 32.4 Å². The highest BCUT2D eigenvalue weighted by Crippen LogP contribution is 2.25. The lowest BCUT2D eigenvalue weighted by atomic mass is 9.95. The fourth-order valence-corrected chi connectivity index (χ4v) is 2.03. The number of carbonyl (C=O) groups is 1. The fourth-order valence-electron chi connectivity index (χ4n) is 2.03. The van der Waals surface area contributed by atoms with E-state index < -0.39 is 6.10 Å². The predicted octanol–water partition coefficient (Wildman–Crippen LogP) is 2.24. The molecule has 0 aliphatic heterocycles. The molecule has 5 heteroatoms. The molecule has 0 aliphatic carbocycles. The molecule has 0 heterocycles. The summed E-state index contributed by atoms with van der Waals surface area (Å²) in [6.07, 6.45) is 0.981. The zero-order chi connectivity index (χ0) is 16.5. The van der Waals surface area contributed by atoms with Gasteiger partial charge in [0.05, 0.1) is 19.3 Å². The van der Waals surface area contributed by atoms with E-state index in [9.17, 15) is 9.90 Å². The highest BCUT2D eigenvalue weighted by molar-refractivity contribution is 5.87. The van der Waals surface area contributed by atoms with E-state index in [-0.39, 0.29) is 25.1 Å². The molecule has 0 amide bonds. The van der Waals surface area contributed by atoms with Crippen molar-refractivity contribution >= 4 is 5.97 Å². The molecule has 0 spiro atoms. The molecule has 0 aromatic heterocycles. The van der Waals surface area contributed by atoms with Gasteiger partial charge in [-0.15, -0.1) is 0 Å². The van der Waals surface area contributed by atoms with Gasteiger partial charge in [0.15, 0.2) is 0 Å². The molecule has 22 heavy (non-hydrogen) atoms. The molecule has 5 nitrogen and oxygen atoms in total. The summed E-state index contributed by atoms with van der Waals surface area (Å²) < 4.78 is 10.2. The van der Waals surface area contributed by atoms with E-state index in [1.807, 2.05) is 6.92 Å². The Balaban J connectivity index is 2.71. The number of hydrogen-bond acceptors (Lipinski definition) is 5. The average Bonchev–Trinajstić information content (AvgIpc) is 2.52. The number of benzene rings is 1. The molecule has 1 aromatic rings. The SMILES string of the molecule is CCOC(=O)/C(C)=C/[C@@H](C)[C@@H](O)c1ccc(OCCO)cc1. The molecule has 0 saturated heterocycles. The Morgan fingerprint density at radius 3 is 2.50 bits per heavy atom. The third-order valence-corrected chi connectivity index (χ3v) is 3.19. The fraction of sp³-hybridized carbons (Fsp3) is 0.471. The van der Waals surface area contributed by atoms with E-state index in [1.54, 1.807) is 44.2 Å². The second-order valence-electron chi connectivity index (χ2n) is 5.02. The van der Waals surface area contributed by atoms with Crippen molar-refractivity contribution in [1.29, 1.82) is 0 Å². The summed E-state index contributed by atoms with van der Waals surface area (Å²) in [5.74, 6) is 0.0406. The first-order valence-corrected chi connectivity index (χ1v) is 7.36. The molecule has 2 N–H and O–H groups in total. The van der Waals surface area contributed by atoms with Gasteiger partial charge >= 0.3 is 5.97 Å². The van der Waals surface area contributed by atoms with Gasteiger partial charge < -0.3 is 19.7 Å². The summed E-state index contributed by atoms with van der Waals surface area (Å²) in [5.41, 5.74) is 1.22. The molecule has 122 valence electrons. The maximum absolute atomic E-state index is 11.6. The van der Waals surface area contributed by atoms with Gasteiger partial charge in [0.2, 0.25) is 0 Å². The summed E-state index contributed by atoms with van der Waals surface area (Å²) in [4.78, 5) is 11.6. The van der Waals surface area contributed by atoms with Gasteiger partial charge in [-0.2, -0.15) is 0 Å². The molecule has 0 fully saturated rings. The molecular weight excluding hydrogens is 284 g/mol. The average molecular weight is 308 g/mol. The molecule has 0 saturated carbocycles. The van der Waals surface area contributed by atoms with E-state index in [2.05, 4.69) is 0 Å². The molecule has 0 aliphatic rings. The van der Waals surface area contributed by atoms with Gasteiger partial charge in [-0.25, -0.2) is 4.79 Å². The first-order valence-electron chi connectivity index (χ1n) is 7.36. The van der Waals surface area contributed by atoms with Crippen LogP contribution in [0.15, 0.2) is 35.9 Å². The van der Waals surface area contributed by atoms with Gasteiger partial charge in [-0.05, 0) is 31.5 Å². The van der Waals surface area contributed by atoms with Crippen molar-refractivity contribution in [2.45, 2.75) is 26.9 Å². The highest BCUT2D eigenvalue weighted by atomic mass is 16.5. The third-order valence-electron chi connectivity index (χ3n) is 3.19. The Bertz CT molecular complexity index is 492. The Kier molecular flexibility index (Phi) is 7.63. The lowest BCUT2D eigenvalue weighted by Gasteiger charge is -2.17. The Morgan fingerprint density at radius 2 is 1.95 bits per heavy atom. The third kappa shape index (κ3) is 5.50. The number of hydrogen-bond donors (Lipinski definition) is 2. The molecule has 0 bridgehead atoms. The lowest BCUT2D eigenvalue weighted by molar-refractivity contribution is -0.138. The monoisotopic (exact) mass is 308 g/mol. The summed E-state index contributed by atoms with van der Waals surface area (Å²) in [6.45, 7) is 5.79. The van der Waals surface area contributed by atoms with Crippen LogP contribution in [0.5, 0.6) is 5.75 Å². The zero-order valence-corrected chi connectivity index (χ0v) is 13.3. The smallest absolute Gasteiger partial charge is 0.333 e. The van der Waals surface area contributed by atoms with Crippen LogP contribution in [-0.4, -0.2) is 36.0 Å². The quantitative estimate of drug-likeness (QED) is 0.569. The van der Waals surface area contributed by atoms with E-state index in [1.165, 1.54) is 0 Å². The number of carbonyl (C=O) groups excluding carboxylic acids is 1. The van der Waals surface area contributed by atoms with Crippen LogP contribution in [0.4, 0.5) is 0 Å². The van der Waals surface area contributed by atoms with Crippen molar-refractivity contribution in [3.8, 4) is 5.75 Å². The number of esters is 1. The van der Waals surface area contributed by atoms with E-state index in [0.29, 0.717) is 17.9 Å². The first kappa shape index (κ1) is 18.2. The van der Waals surface area contributed by atoms with Crippen molar-refractivity contribution in [3.63, 3.8) is 0 Å². The summed E-state index contributed by atoms with van der Waals surface area (Å²) in [7, 11) is 0. The predicted molar refractivity (Wildman–Crippen MR) is 83.5 cm³/mol. The molecule has 0 radical (unpaired) electrons. The van der Waals surface area contributed by atoms with Crippen molar-refractivity contribution in [2.75, 3.05) is 19.8 Å². The van der Waals surface area contributed by atoms with Crippen LogP contribution >= 0.6 is 0 Å². The molecule has 2 atom stereocenters. The Hall–Kier alpha value is -1.85. The topological polar surface area (TPSA) is 76.0 Å². The minimum absolute atomic E-state index is 0.0423. The minimum Gasteiger partial charge on any atom is -0.491 e. The van der Waals surface area contributed by atoms with Gasteiger partial charge in [0, 0.05) is 11.5 Å². The number of rotatable bonds is 8. The normalized spacial score (nSPS) is 14.3. The van der Waals surface area contributed by atoms with Gasteiger partial charge in [0.1, 0.15) is 12.4 Å². The van der Waals surface area contributed by atoms with Crippen molar-refractivity contribution in [3.05, 3.63) is 41.5 Å². The molecule has 1 aromatic carbocycles. The van der Waals surface area contributed by atoms with Gasteiger partial charge in [-0.3, -0.25) is 0 Å². The second-order valence-corrected chi connectivity index (χ2v) is 5.02. The van der Waals surface area contributed by atoms with Gasteiger partial charge in [-0.1, -0.05) is 25.1 Å². The van der Waals surface area contributed by atoms with Crippen molar-refractivity contribution in [1.82, 2.24) is 0 Å². The summed E-state index contributed by atoms with van der Waals surface area (Å²) in [5, 5.41) is 19.0. The molecular formula is C17H24O5. The van der Waals surface area contributed by atoms with Crippen LogP contribution in [-0.2, 0) is 9.53 Å². The van der Waals surface area contributed by atoms with E-state index in [4.69, 9.17) is 14.6 Å². The molecule has 0 unspecified atom stereocenters.